The van der Waals surface area contributed by atoms with Crippen LogP contribution in [0.5, 0.6) is 0 Å². The van der Waals surface area contributed by atoms with Gasteiger partial charge in [-0.3, -0.25) is 0 Å². The predicted molar refractivity (Wildman–Crippen MR) is 59.7 cm³/mol. The molecule has 2 N–H and O–H groups in total. The molecule has 0 bridgehead atoms. The standard InChI is InChI=1S/C10H17N3S/c1-7-10(14-8(2)13-7)6-12-9-3-4-11-5-9/h9,11-12H,3-6H2,1-2H3. The lowest BCUT2D eigenvalue weighted by atomic mass is 10.2. The molecule has 2 heterocycles. The lowest BCUT2D eigenvalue weighted by Crippen LogP contribution is -2.30. The average Bonchev–Trinajstić information content (AvgIpc) is 2.72. The van der Waals surface area contributed by atoms with Gasteiger partial charge in [-0.05, 0) is 26.8 Å². The van der Waals surface area contributed by atoms with Crippen LogP contribution >= 0.6 is 11.3 Å². The first-order chi connectivity index (χ1) is 6.75. The Labute approximate surface area is 88.9 Å². The van der Waals surface area contributed by atoms with Crippen LogP contribution in [0.1, 0.15) is 22.0 Å². The molecular formula is C10H17N3S. The van der Waals surface area contributed by atoms with Crippen LogP contribution in [0.2, 0.25) is 0 Å². The Balaban J connectivity index is 1.87. The summed E-state index contributed by atoms with van der Waals surface area (Å²) in [5.41, 5.74) is 1.19. The second-order valence-electron chi connectivity index (χ2n) is 3.81. The molecule has 3 nitrogen and oxygen atoms in total. The number of nitrogens with one attached hydrogen (secondary N) is 2. The molecule has 0 aliphatic carbocycles. The molecule has 0 aromatic carbocycles. The molecule has 0 spiro atoms. The third kappa shape index (κ3) is 2.32. The molecule has 0 amide bonds. The fourth-order valence-corrected chi connectivity index (χ4v) is 2.69. The fraction of sp³-hybridized carbons (Fsp3) is 0.700. The summed E-state index contributed by atoms with van der Waals surface area (Å²) in [6.45, 7) is 7.39. The molecule has 78 valence electrons. The molecule has 1 atom stereocenters. The monoisotopic (exact) mass is 211 g/mol. The summed E-state index contributed by atoms with van der Waals surface area (Å²) in [6, 6.07) is 0.650. The van der Waals surface area contributed by atoms with Crippen LogP contribution in [-0.4, -0.2) is 24.1 Å². The van der Waals surface area contributed by atoms with E-state index in [4.69, 9.17) is 0 Å². The van der Waals surface area contributed by atoms with E-state index in [0.29, 0.717) is 6.04 Å². The molecule has 2 rings (SSSR count). The highest BCUT2D eigenvalue weighted by Crippen LogP contribution is 2.17. The topological polar surface area (TPSA) is 37.0 Å². The van der Waals surface area contributed by atoms with Crippen molar-refractivity contribution < 1.29 is 0 Å². The first-order valence-corrected chi connectivity index (χ1v) is 5.94. The van der Waals surface area contributed by atoms with Crippen LogP contribution in [0.25, 0.3) is 0 Å². The first kappa shape index (κ1) is 10.1. The summed E-state index contributed by atoms with van der Waals surface area (Å²) in [5.74, 6) is 0. The lowest BCUT2D eigenvalue weighted by molar-refractivity contribution is 0.549. The molecule has 1 aliphatic heterocycles. The van der Waals surface area contributed by atoms with E-state index in [2.05, 4.69) is 29.5 Å². The smallest absolute Gasteiger partial charge is 0.0900 e. The van der Waals surface area contributed by atoms with E-state index in [1.54, 1.807) is 11.3 Å². The first-order valence-electron chi connectivity index (χ1n) is 5.12. The largest absolute Gasteiger partial charge is 0.315 e. The molecule has 4 heteroatoms. The molecule has 14 heavy (non-hydrogen) atoms. The van der Waals surface area contributed by atoms with Crippen LogP contribution in [0.4, 0.5) is 0 Å². The molecule has 1 aliphatic rings. The van der Waals surface area contributed by atoms with Crippen molar-refractivity contribution in [1.29, 1.82) is 0 Å². The van der Waals surface area contributed by atoms with Gasteiger partial charge in [0.25, 0.3) is 0 Å². The Bertz CT molecular complexity index is 302. The number of nitrogens with zero attached hydrogens (tertiary/aromatic N) is 1. The quantitative estimate of drug-likeness (QED) is 0.789. The third-order valence-corrected chi connectivity index (χ3v) is 3.68. The maximum absolute atomic E-state index is 4.42. The zero-order valence-electron chi connectivity index (χ0n) is 8.76. The second-order valence-corrected chi connectivity index (χ2v) is 5.10. The van der Waals surface area contributed by atoms with Gasteiger partial charge in [0.1, 0.15) is 0 Å². The molecule has 0 radical (unpaired) electrons. The van der Waals surface area contributed by atoms with Crippen molar-refractivity contribution in [3.05, 3.63) is 15.6 Å². The van der Waals surface area contributed by atoms with E-state index in [9.17, 15) is 0 Å². The van der Waals surface area contributed by atoms with E-state index in [1.807, 2.05) is 0 Å². The zero-order chi connectivity index (χ0) is 9.97. The van der Waals surface area contributed by atoms with E-state index < -0.39 is 0 Å². The maximum Gasteiger partial charge on any atom is 0.0900 e. The SMILES string of the molecule is Cc1nc(C)c(CNC2CCNC2)s1. The van der Waals surface area contributed by atoms with Gasteiger partial charge in [-0.25, -0.2) is 4.98 Å². The van der Waals surface area contributed by atoms with E-state index in [0.717, 1.165) is 19.6 Å². The highest BCUT2D eigenvalue weighted by atomic mass is 32.1. The molecule has 1 saturated heterocycles. The number of aromatic nitrogens is 1. The number of rotatable bonds is 3. The summed E-state index contributed by atoms with van der Waals surface area (Å²) in [5, 5.41) is 8.08. The summed E-state index contributed by atoms with van der Waals surface area (Å²) in [4.78, 5) is 5.80. The number of hydrogen-bond acceptors (Lipinski definition) is 4. The fourth-order valence-electron chi connectivity index (χ4n) is 1.80. The normalized spacial score (nSPS) is 21.7. The van der Waals surface area contributed by atoms with Gasteiger partial charge in [-0.1, -0.05) is 0 Å². The van der Waals surface area contributed by atoms with Crippen LogP contribution < -0.4 is 10.6 Å². The Hall–Kier alpha value is -0.450. The summed E-state index contributed by atoms with van der Waals surface area (Å²) in [7, 11) is 0. The van der Waals surface area contributed by atoms with Gasteiger partial charge in [-0.2, -0.15) is 0 Å². The van der Waals surface area contributed by atoms with Gasteiger partial charge >= 0.3 is 0 Å². The molecular weight excluding hydrogens is 194 g/mol. The molecule has 1 aromatic heterocycles. The number of hydrogen-bond donors (Lipinski definition) is 2. The minimum absolute atomic E-state index is 0.650. The van der Waals surface area contributed by atoms with E-state index in [1.165, 1.54) is 22.0 Å². The second kappa shape index (κ2) is 4.38. The Morgan fingerprint density at radius 3 is 3.00 bits per heavy atom. The zero-order valence-corrected chi connectivity index (χ0v) is 9.58. The summed E-state index contributed by atoms with van der Waals surface area (Å²) < 4.78 is 0. The minimum Gasteiger partial charge on any atom is -0.315 e. The highest BCUT2D eigenvalue weighted by Gasteiger charge is 2.14. The lowest BCUT2D eigenvalue weighted by Gasteiger charge is -2.09. The van der Waals surface area contributed by atoms with Gasteiger partial charge in [0.15, 0.2) is 0 Å². The molecule has 1 fully saturated rings. The van der Waals surface area contributed by atoms with Crippen molar-refractivity contribution in [3.8, 4) is 0 Å². The molecule has 1 unspecified atom stereocenters. The van der Waals surface area contributed by atoms with Gasteiger partial charge in [0.2, 0.25) is 0 Å². The van der Waals surface area contributed by atoms with E-state index in [-0.39, 0.29) is 0 Å². The van der Waals surface area contributed by atoms with Crippen molar-refractivity contribution in [2.45, 2.75) is 32.9 Å². The van der Waals surface area contributed by atoms with Crippen LogP contribution in [0, 0.1) is 13.8 Å². The Morgan fingerprint density at radius 2 is 2.43 bits per heavy atom. The van der Waals surface area contributed by atoms with Gasteiger partial charge < -0.3 is 10.6 Å². The van der Waals surface area contributed by atoms with Gasteiger partial charge in [-0.15, -0.1) is 11.3 Å². The van der Waals surface area contributed by atoms with Crippen LogP contribution in [-0.2, 0) is 6.54 Å². The average molecular weight is 211 g/mol. The van der Waals surface area contributed by atoms with Gasteiger partial charge in [0, 0.05) is 24.0 Å². The molecule has 1 aromatic rings. The van der Waals surface area contributed by atoms with Gasteiger partial charge in [0.05, 0.1) is 10.7 Å². The van der Waals surface area contributed by atoms with Crippen molar-refractivity contribution in [2.75, 3.05) is 13.1 Å². The van der Waals surface area contributed by atoms with Crippen molar-refractivity contribution in [1.82, 2.24) is 15.6 Å². The number of thiazole rings is 1. The van der Waals surface area contributed by atoms with Crippen LogP contribution in [0.15, 0.2) is 0 Å². The number of aryl methyl sites for hydroxylation is 2. The van der Waals surface area contributed by atoms with Crippen molar-refractivity contribution >= 4 is 11.3 Å². The minimum atomic E-state index is 0.650. The molecule has 0 saturated carbocycles. The summed E-state index contributed by atoms with van der Waals surface area (Å²) in [6.07, 6.45) is 1.25. The predicted octanol–water partition coefficient (Wildman–Crippen LogP) is 1.21. The van der Waals surface area contributed by atoms with E-state index >= 15 is 0 Å². The summed E-state index contributed by atoms with van der Waals surface area (Å²) >= 11 is 1.80. The van der Waals surface area contributed by atoms with Crippen molar-refractivity contribution in [3.63, 3.8) is 0 Å². The van der Waals surface area contributed by atoms with Crippen molar-refractivity contribution in [2.24, 2.45) is 0 Å². The van der Waals surface area contributed by atoms with Crippen LogP contribution in [0.3, 0.4) is 0 Å². The Morgan fingerprint density at radius 1 is 1.57 bits per heavy atom. The highest BCUT2D eigenvalue weighted by molar-refractivity contribution is 7.11. The maximum atomic E-state index is 4.42. The third-order valence-electron chi connectivity index (χ3n) is 2.61. The Kier molecular flexibility index (Phi) is 3.15.